The molecule has 3 aromatic rings. The summed E-state index contributed by atoms with van der Waals surface area (Å²) in [6.07, 6.45) is 0.719. The van der Waals surface area contributed by atoms with Crippen LogP contribution in [-0.2, 0) is 6.42 Å². The number of ether oxygens (including phenoxy) is 2. The van der Waals surface area contributed by atoms with Crippen LogP contribution in [0.1, 0.15) is 41.0 Å². The van der Waals surface area contributed by atoms with E-state index in [0.717, 1.165) is 39.9 Å². The van der Waals surface area contributed by atoms with Crippen molar-refractivity contribution < 1.29 is 14.3 Å². The Labute approximate surface area is 166 Å². The zero-order valence-electron chi connectivity index (χ0n) is 17.0. The third-order valence-electron chi connectivity index (χ3n) is 4.75. The number of fused-ring (bicyclic) bond motifs is 1. The van der Waals surface area contributed by atoms with Crippen LogP contribution in [0.3, 0.4) is 0 Å². The first kappa shape index (κ1) is 19.8. The summed E-state index contributed by atoms with van der Waals surface area (Å²) in [5, 5.41) is 4.11. The number of aromatic nitrogens is 1. The lowest BCUT2D eigenvalue weighted by Gasteiger charge is -2.12. The number of hydrogen-bond donors (Lipinski definition) is 2. The van der Waals surface area contributed by atoms with Gasteiger partial charge in [-0.3, -0.25) is 4.79 Å². The average molecular weight is 380 g/mol. The lowest BCUT2D eigenvalue weighted by Crippen LogP contribution is -2.26. The van der Waals surface area contributed by atoms with Crippen molar-refractivity contribution in [3.8, 4) is 11.5 Å². The van der Waals surface area contributed by atoms with Crippen molar-refractivity contribution in [2.45, 2.75) is 34.1 Å². The summed E-state index contributed by atoms with van der Waals surface area (Å²) in [6, 6.07) is 12.1. The van der Waals surface area contributed by atoms with E-state index in [1.807, 2.05) is 51.1 Å². The number of carbonyl (C=O) groups excluding carboxylic acids is 1. The smallest absolute Gasteiger partial charge is 0.268 e. The molecule has 0 aliphatic rings. The zero-order valence-corrected chi connectivity index (χ0v) is 17.0. The fourth-order valence-electron chi connectivity index (χ4n) is 3.33. The van der Waals surface area contributed by atoms with Crippen molar-refractivity contribution >= 4 is 16.8 Å². The summed E-state index contributed by atoms with van der Waals surface area (Å²) in [6.45, 7) is 9.66. The van der Waals surface area contributed by atoms with Gasteiger partial charge < -0.3 is 19.8 Å². The van der Waals surface area contributed by atoms with E-state index in [2.05, 4.69) is 23.3 Å². The molecule has 148 valence electrons. The van der Waals surface area contributed by atoms with Gasteiger partial charge in [-0.1, -0.05) is 17.7 Å². The number of benzene rings is 2. The van der Waals surface area contributed by atoms with Crippen molar-refractivity contribution in [1.82, 2.24) is 10.3 Å². The normalized spacial score (nSPS) is 10.9. The van der Waals surface area contributed by atoms with Crippen LogP contribution in [0.25, 0.3) is 10.9 Å². The third kappa shape index (κ3) is 4.30. The van der Waals surface area contributed by atoms with E-state index >= 15 is 0 Å². The van der Waals surface area contributed by atoms with Gasteiger partial charge >= 0.3 is 0 Å². The van der Waals surface area contributed by atoms with Crippen LogP contribution < -0.4 is 14.8 Å². The number of carbonyl (C=O) groups is 1. The molecule has 0 unspecified atom stereocenters. The summed E-state index contributed by atoms with van der Waals surface area (Å²) < 4.78 is 11.3. The minimum absolute atomic E-state index is 0.0812. The van der Waals surface area contributed by atoms with Crippen molar-refractivity contribution in [2.75, 3.05) is 19.8 Å². The number of hydrogen-bond acceptors (Lipinski definition) is 3. The lowest BCUT2D eigenvalue weighted by molar-refractivity contribution is 0.0949. The highest BCUT2D eigenvalue weighted by atomic mass is 16.5. The quantitative estimate of drug-likeness (QED) is 0.602. The van der Waals surface area contributed by atoms with Crippen LogP contribution in [0.2, 0.25) is 0 Å². The second-order valence-electron chi connectivity index (χ2n) is 6.83. The van der Waals surface area contributed by atoms with Crippen molar-refractivity contribution in [3.05, 3.63) is 58.8 Å². The number of rotatable bonds is 8. The number of nitrogens with one attached hydrogen (secondary N) is 2. The SMILES string of the molecule is CCOc1ccc(CCNC(=O)c2[nH]c3ccc(C)cc3c2C)cc1OCC. The molecule has 0 atom stereocenters. The molecule has 1 heterocycles. The van der Waals surface area contributed by atoms with Crippen LogP contribution >= 0.6 is 0 Å². The number of amides is 1. The average Bonchev–Trinajstić information content (AvgIpc) is 3.00. The lowest BCUT2D eigenvalue weighted by atomic mass is 10.1. The van der Waals surface area contributed by atoms with Gasteiger partial charge in [0.2, 0.25) is 0 Å². The van der Waals surface area contributed by atoms with E-state index < -0.39 is 0 Å². The minimum Gasteiger partial charge on any atom is -0.490 e. The Morgan fingerprint density at radius 2 is 1.75 bits per heavy atom. The van der Waals surface area contributed by atoms with Crippen LogP contribution in [0.15, 0.2) is 36.4 Å². The molecular formula is C23H28N2O3. The van der Waals surface area contributed by atoms with Gasteiger partial charge in [-0.25, -0.2) is 0 Å². The Bertz CT molecular complexity index is 975. The molecule has 2 N–H and O–H groups in total. The minimum atomic E-state index is -0.0812. The Morgan fingerprint density at radius 3 is 2.50 bits per heavy atom. The number of aromatic amines is 1. The van der Waals surface area contributed by atoms with Gasteiger partial charge in [0.05, 0.1) is 13.2 Å². The monoisotopic (exact) mass is 380 g/mol. The fraction of sp³-hybridized carbons (Fsp3) is 0.348. The van der Waals surface area contributed by atoms with Gasteiger partial charge in [0.15, 0.2) is 11.5 Å². The molecule has 1 aromatic heterocycles. The van der Waals surface area contributed by atoms with Gasteiger partial charge in [-0.15, -0.1) is 0 Å². The first-order valence-corrected chi connectivity index (χ1v) is 9.79. The highest BCUT2D eigenvalue weighted by Gasteiger charge is 2.14. The van der Waals surface area contributed by atoms with E-state index in [9.17, 15) is 4.79 Å². The Balaban J connectivity index is 1.65. The molecule has 5 nitrogen and oxygen atoms in total. The fourth-order valence-corrected chi connectivity index (χ4v) is 3.33. The molecule has 0 saturated carbocycles. The van der Waals surface area contributed by atoms with Gasteiger partial charge in [0.25, 0.3) is 5.91 Å². The van der Waals surface area contributed by atoms with Crippen molar-refractivity contribution in [3.63, 3.8) is 0 Å². The maximum atomic E-state index is 12.6. The maximum absolute atomic E-state index is 12.6. The Kier molecular flexibility index (Phi) is 6.24. The van der Waals surface area contributed by atoms with Crippen LogP contribution in [0.5, 0.6) is 11.5 Å². The standard InChI is InChI=1S/C23H28N2O3/c1-5-27-20-10-8-17(14-21(20)28-6-2)11-12-24-23(26)22-16(4)18-13-15(3)7-9-19(18)25-22/h7-10,13-14,25H,5-6,11-12H2,1-4H3,(H,24,26). The zero-order chi connectivity index (χ0) is 20.1. The predicted molar refractivity (Wildman–Crippen MR) is 113 cm³/mol. The molecule has 5 heteroatoms. The molecule has 0 fully saturated rings. The highest BCUT2D eigenvalue weighted by Crippen LogP contribution is 2.28. The summed E-state index contributed by atoms with van der Waals surface area (Å²) in [7, 11) is 0. The summed E-state index contributed by atoms with van der Waals surface area (Å²) in [5.74, 6) is 1.42. The number of H-pyrrole nitrogens is 1. The Morgan fingerprint density at radius 1 is 1.00 bits per heavy atom. The second kappa shape index (κ2) is 8.83. The molecule has 1 amide bonds. The van der Waals surface area contributed by atoms with Gasteiger partial charge in [0, 0.05) is 17.4 Å². The van der Waals surface area contributed by atoms with Gasteiger partial charge in [0.1, 0.15) is 5.69 Å². The highest BCUT2D eigenvalue weighted by molar-refractivity contribution is 6.01. The molecule has 28 heavy (non-hydrogen) atoms. The molecule has 2 aromatic carbocycles. The number of aryl methyl sites for hydroxylation is 2. The second-order valence-corrected chi connectivity index (χ2v) is 6.83. The summed E-state index contributed by atoms with van der Waals surface area (Å²) in [4.78, 5) is 15.9. The molecular weight excluding hydrogens is 352 g/mol. The van der Waals surface area contributed by atoms with Crippen LogP contribution in [-0.4, -0.2) is 30.6 Å². The van der Waals surface area contributed by atoms with Crippen molar-refractivity contribution in [2.24, 2.45) is 0 Å². The molecule has 3 rings (SSSR count). The van der Waals surface area contributed by atoms with E-state index in [4.69, 9.17) is 9.47 Å². The van der Waals surface area contributed by atoms with Gasteiger partial charge in [-0.05, 0) is 69.5 Å². The van der Waals surface area contributed by atoms with Crippen molar-refractivity contribution in [1.29, 1.82) is 0 Å². The molecule has 0 saturated heterocycles. The van der Waals surface area contributed by atoms with E-state index in [-0.39, 0.29) is 5.91 Å². The van der Waals surface area contributed by atoms with Crippen LogP contribution in [0, 0.1) is 13.8 Å². The van der Waals surface area contributed by atoms with Gasteiger partial charge in [-0.2, -0.15) is 0 Å². The predicted octanol–water partition coefficient (Wildman–Crippen LogP) is 4.55. The first-order chi connectivity index (χ1) is 13.5. The van der Waals surface area contributed by atoms with E-state index in [0.29, 0.717) is 25.5 Å². The molecule has 0 aliphatic heterocycles. The molecule has 0 bridgehead atoms. The molecule has 0 aliphatic carbocycles. The topological polar surface area (TPSA) is 63.3 Å². The van der Waals surface area contributed by atoms with E-state index in [1.54, 1.807) is 0 Å². The largest absolute Gasteiger partial charge is 0.490 e. The third-order valence-corrected chi connectivity index (χ3v) is 4.75. The van der Waals surface area contributed by atoms with Crippen LogP contribution in [0.4, 0.5) is 0 Å². The molecule has 0 radical (unpaired) electrons. The maximum Gasteiger partial charge on any atom is 0.268 e. The first-order valence-electron chi connectivity index (χ1n) is 9.79. The van der Waals surface area contributed by atoms with E-state index in [1.165, 1.54) is 5.56 Å². The summed E-state index contributed by atoms with van der Waals surface area (Å²) in [5.41, 5.74) is 4.87. The Hall–Kier alpha value is -2.95. The molecule has 0 spiro atoms. The summed E-state index contributed by atoms with van der Waals surface area (Å²) >= 11 is 0.